The molecule has 1 aliphatic heterocycles. The molecule has 3 heterocycles. The number of nitrogens with zero attached hydrogens (tertiary/aromatic N) is 4. The maximum absolute atomic E-state index is 6.59. The largest absolute Gasteiger partial charge is 0.456 e. The zero-order valence-corrected chi connectivity index (χ0v) is 19.4. The number of rotatable bonds is 6. The number of hydrogen-bond acceptors (Lipinski definition) is 6. The molecule has 5 nitrogen and oxygen atoms in total. The first-order valence-electron chi connectivity index (χ1n) is 11.2. The van der Waals surface area contributed by atoms with Gasteiger partial charge in [0.15, 0.2) is 5.13 Å². The number of benzene rings is 2. The van der Waals surface area contributed by atoms with E-state index in [1.807, 2.05) is 31.1 Å². The molecule has 5 rings (SSSR count). The van der Waals surface area contributed by atoms with Gasteiger partial charge in [-0.05, 0) is 44.3 Å². The maximum atomic E-state index is 6.59. The summed E-state index contributed by atoms with van der Waals surface area (Å²) >= 11 is 1.62. The van der Waals surface area contributed by atoms with Gasteiger partial charge in [-0.25, -0.2) is 9.97 Å². The number of pyridine rings is 1. The van der Waals surface area contributed by atoms with Crippen LogP contribution >= 0.6 is 11.3 Å². The SMILES string of the molecule is Cc1csc(N(C)c2cc(Oc3cccc4ccccc34)c(CN3CCCCC3)cn2)n1. The van der Waals surface area contributed by atoms with Crippen LogP contribution in [0.25, 0.3) is 10.8 Å². The Bertz CT molecular complexity index is 1210. The van der Waals surface area contributed by atoms with Crippen molar-refractivity contribution in [2.75, 3.05) is 25.0 Å². The molecule has 0 atom stereocenters. The average molecular weight is 445 g/mol. The molecule has 0 saturated carbocycles. The van der Waals surface area contributed by atoms with Gasteiger partial charge < -0.3 is 9.64 Å². The molecule has 0 unspecified atom stereocenters. The first kappa shape index (κ1) is 20.9. The van der Waals surface area contributed by atoms with E-state index in [2.05, 4.69) is 57.7 Å². The summed E-state index contributed by atoms with van der Waals surface area (Å²) in [6.45, 7) is 5.13. The summed E-state index contributed by atoms with van der Waals surface area (Å²) in [6, 6.07) is 16.6. The number of ether oxygens (including phenoxy) is 1. The third kappa shape index (κ3) is 4.47. The van der Waals surface area contributed by atoms with Gasteiger partial charge in [-0.15, -0.1) is 11.3 Å². The number of hydrogen-bond donors (Lipinski definition) is 0. The molecule has 1 aliphatic rings. The molecule has 1 saturated heterocycles. The maximum Gasteiger partial charge on any atom is 0.190 e. The standard InChI is InChI=1S/C26H28N4OS/c1-19-18-32-26(28-19)29(2)25-15-24(21(16-27-25)17-30-13-6-3-7-14-30)31-23-12-8-10-20-9-4-5-11-22(20)23/h4-5,8-12,15-16,18H,3,6-7,13-14,17H2,1-2H3. The number of likely N-dealkylation sites (tertiary alicyclic amines) is 1. The van der Waals surface area contributed by atoms with E-state index in [-0.39, 0.29) is 0 Å². The van der Waals surface area contributed by atoms with E-state index in [1.165, 1.54) is 24.6 Å². The topological polar surface area (TPSA) is 41.5 Å². The van der Waals surface area contributed by atoms with Crippen LogP contribution in [0, 0.1) is 6.92 Å². The number of anilines is 2. The number of fused-ring (bicyclic) bond motifs is 1. The molecule has 164 valence electrons. The summed E-state index contributed by atoms with van der Waals surface area (Å²) in [7, 11) is 2.01. The van der Waals surface area contributed by atoms with E-state index >= 15 is 0 Å². The Kier molecular flexibility index (Phi) is 6.06. The lowest BCUT2D eigenvalue weighted by atomic mass is 10.1. The van der Waals surface area contributed by atoms with Crippen LogP contribution in [0.15, 0.2) is 60.1 Å². The minimum atomic E-state index is 0.831. The molecule has 0 N–H and O–H groups in total. The first-order valence-corrected chi connectivity index (χ1v) is 12.1. The molecule has 0 spiro atoms. The van der Waals surface area contributed by atoms with Crippen molar-refractivity contribution in [3.63, 3.8) is 0 Å². The van der Waals surface area contributed by atoms with Gasteiger partial charge in [-0.3, -0.25) is 4.90 Å². The Hall–Kier alpha value is -2.96. The van der Waals surface area contributed by atoms with Gasteiger partial charge >= 0.3 is 0 Å². The fourth-order valence-corrected chi connectivity index (χ4v) is 4.98. The van der Waals surface area contributed by atoms with Crippen LogP contribution in [-0.4, -0.2) is 35.0 Å². The van der Waals surface area contributed by atoms with Crippen LogP contribution in [0.2, 0.25) is 0 Å². The molecule has 0 aliphatic carbocycles. The molecular weight excluding hydrogens is 416 g/mol. The molecule has 6 heteroatoms. The van der Waals surface area contributed by atoms with Crippen LogP contribution in [0.1, 0.15) is 30.5 Å². The molecular formula is C26H28N4OS. The van der Waals surface area contributed by atoms with Crippen molar-refractivity contribution in [3.8, 4) is 11.5 Å². The summed E-state index contributed by atoms with van der Waals surface area (Å²) in [5.41, 5.74) is 2.14. The summed E-state index contributed by atoms with van der Waals surface area (Å²) < 4.78 is 6.59. The molecule has 1 fully saturated rings. The van der Waals surface area contributed by atoms with Gasteiger partial charge in [0.2, 0.25) is 0 Å². The Labute approximate surface area is 193 Å². The van der Waals surface area contributed by atoms with E-state index in [1.54, 1.807) is 11.3 Å². The molecule has 4 aromatic rings. The lowest BCUT2D eigenvalue weighted by Crippen LogP contribution is -2.29. The zero-order chi connectivity index (χ0) is 21.9. The van der Waals surface area contributed by atoms with Crippen LogP contribution in [0.4, 0.5) is 10.9 Å². The predicted octanol–water partition coefficient (Wildman–Crippen LogP) is 6.55. The second-order valence-electron chi connectivity index (χ2n) is 8.40. The molecule has 32 heavy (non-hydrogen) atoms. The van der Waals surface area contributed by atoms with E-state index in [0.29, 0.717) is 0 Å². The minimum absolute atomic E-state index is 0.831. The summed E-state index contributed by atoms with van der Waals surface area (Å²) in [5.74, 6) is 2.56. The molecule has 0 radical (unpaired) electrons. The van der Waals surface area contributed by atoms with Crippen LogP contribution in [-0.2, 0) is 6.54 Å². The number of aryl methyl sites for hydroxylation is 1. The lowest BCUT2D eigenvalue weighted by molar-refractivity contribution is 0.218. The van der Waals surface area contributed by atoms with Crippen molar-refractivity contribution in [3.05, 3.63) is 71.4 Å². The highest BCUT2D eigenvalue weighted by atomic mass is 32.1. The summed E-state index contributed by atoms with van der Waals surface area (Å²) in [4.78, 5) is 13.9. The van der Waals surface area contributed by atoms with Crippen molar-refractivity contribution >= 4 is 33.1 Å². The van der Waals surface area contributed by atoms with Gasteiger partial charge in [0, 0.05) is 42.2 Å². The van der Waals surface area contributed by atoms with E-state index in [9.17, 15) is 0 Å². The van der Waals surface area contributed by atoms with Crippen LogP contribution in [0.5, 0.6) is 11.5 Å². The average Bonchev–Trinajstić information content (AvgIpc) is 3.27. The van der Waals surface area contributed by atoms with Crippen molar-refractivity contribution in [2.24, 2.45) is 0 Å². The van der Waals surface area contributed by atoms with Gasteiger partial charge in [0.25, 0.3) is 0 Å². The Morgan fingerprint density at radius 1 is 1.03 bits per heavy atom. The smallest absolute Gasteiger partial charge is 0.190 e. The number of piperidine rings is 1. The minimum Gasteiger partial charge on any atom is -0.456 e. The Morgan fingerprint density at radius 3 is 2.66 bits per heavy atom. The van der Waals surface area contributed by atoms with E-state index in [0.717, 1.165) is 58.7 Å². The van der Waals surface area contributed by atoms with Crippen molar-refractivity contribution in [1.82, 2.24) is 14.9 Å². The lowest BCUT2D eigenvalue weighted by Gasteiger charge is -2.27. The molecule has 2 aromatic carbocycles. The third-order valence-corrected chi connectivity index (χ3v) is 7.01. The summed E-state index contributed by atoms with van der Waals surface area (Å²) in [5, 5.41) is 5.27. The predicted molar refractivity (Wildman–Crippen MR) is 132 cm³/mol. The van der Waals surface area contributed by atoms with Gasteiger partial charge in [0.1, 0.15) is 17.3 Å². The van der Waals surface area contributed by atoms with Crippen molar-refractivity contribution in [2.45, 2.75) is 32.7 Å². The van der Waals surface area contributed by atoms with E-state index < -0.39 is 0 Å². The summed E-state index contributed by atoms with van der Waals surface area (Å²) in [6.07, 6.45) is 5.82. The Morgan fingerprint density at radius 2 is 1.84 bits per heavy atom. The number of thiazole rings is 1. The zero-order valence-electron chi connectivity index (χ0n) is 18.6. The molecule has 2 aromatic heterocycles. The second-order valence-corrected chi connectivity index (χ2v) is 9.23. The van der Waals surface area contributed by atoms with Crippen molar-refractivity contribution in [1.29, 1.82) is 0 Å². The monoisotopic (exact) mass is 444 g/mol. The van der Waals surface area contributed by atoms with Gasteiger partial charge in [-0.2, -0.15) is 0 Å². The van der Waals surface area contributed by atoms with E-state index in [4.69, 9.17) is 9.72 Å². The highest BCUT2D eigenvalue weighted by Gasteiger charge is 2.18. The fourth-order valence-electron chi connectivity index (χ4n) is 4.21. The highest BCUT2D eigenvalue weighted by Crippen LogP contribution is 2.35. The fraction of sp³-hybridized carbons (Fsp3) is 0.308. The normalized spacial score (nSPS) is 14.6. The first-order chi connectivity index (χ1) is 15.7. The molecule has 0 bridgehead atoms. The molecule has 0 amide bonds. The Balaban J connectivity index is 1.51. The highest BCUT2D eigenvalue weighted by molar-refractivity contribution is 7.13. The van der Waals surface area contributed by atoms with Gasteiger partial charge in [0.05, 0.1) is 5.69 Å². The third-order valence-electron chi connectivity index (χ3n) is 5.98. The van der Waals surface area contributed by atoms with Crippen LogP contribution < -0.4 is 9.64 Å². The van der Waals surface area contributed by atoms with Gasteiger partial charge in [-0.1, -0.05) is 42.8 Å². The second kappa shape index (κ2) is 9.27. The van der Waals surface area contributed by atoms with Crippen molar-refractivity contribution < 1.29 is 4.74 Å². The van der Waals surface area contributed by atoms with Crippen LogP contribution in [0.3, 0.4) is 0 Å². The number of aromatic nitrogens is 2. The quantitative estimate of drug-likeness (QED) is 0.337.